The molecule has 0 aliphatic heterocycles. The van der Waals surface area contributed by atoms with Crippen molar-refractivity contribution in [3.05, 3.63) is 0 Å². The average molecular weight is 204 g/mol. The summed E-state index contributed by atoms with van der Waals surface area (Å²) in [5, 5.41) is 8.70. The first-order chi connectivity index (χ1) is 6.15. The lowest BCUT2D eigenvalue weighted by Crippen LogP contribution is -2.25. The molecule has 1 atom stereocenters. The molecule has 5 heteroatoms. The molecule has 1 aliphatic rings. The van der Waals surface area contributed by atoms with Crippen molar-refractivity contribution >= 4 is 21.4 Å². The van der Waals surface area contributed by atoms with Crippen molar-refractivity contribution in [2.24, 2.45) is 11.8 Å². The third kappa shape index (κ3) is 2.66. The first-order valence-electron chi connectivity index (χ1n) is 4.28. The van der Waals surface area contributed by atoms with Gasteiger partial charge in [-0.2, -0.15) is 0 Å². The minimum Gasteiger partial charge on any atom is -0.481 e. The van der Waals surface area contributed by atoms with Crippen molar-refractivity contribution in [3.8, 4) is 0 Å². The summed E-state index contributed by atoms with van der Waals surface area (Å²) in [4.78, 5) is 21.6. The largest absolute Gasteiger partial charge is 0.481 e. The minimum atomic E-state index is -0.752. The zero-order valence-corrected chi connectivity index (χ0v) is 8.39. The normalized spacial score (nSPS) is 28.1. The van der Waals surface area contributed by atoms with Gasteiger partial charge in [0.1, 0.15) is 0 Å². The molecule has 1 unspecified atom stereocenters. The summed E-state index contributed by atoms with van der Waals surface area (Å²) in [5.74, 6) is -1.37. The van der Waals surface area contributed by atoms with Gasteiger partial charge >= 0.3 is 11.9 Å². The summed E-state index contributed by atoms with van der Waals surface area (Å²) >= 11 is 0. The molecule has 1 rings (SSSR count). The molecule has 0 amide bonds. The highest BCUT2D eigenvalue weighted by atomic mass is 31.0. The number of carbonyl (C=O) groups is 2. The van der Waals surface area contributed by atoms with Crippen LogP contribution in [-0.4, -0.2) is 17.0 Å². The zero-order valence-electron chi connectivity index (χ0n) is 7.23. The van der Waals surface area contributed by atoms with Gasteiger partial charge in [-0.25, -0.2) is 0 Å². The Bertz CT molecular complexity index is 208. The Hall–Kier alpha value is -0.630. The topological polar surface area (TPSA) is 63.6 Å². The van der Waals surface area contributed by atoms with Crippen LogP contribution >= 0.6 is 9.47 Å². The maximum Gasteiger partial charge on any atom is 0.311 e. The van der Waals surface area contributed by atoms with Crippen LogP contribution in [0, 0.1) is 11.8 Å². The van der Waals surface area contributed by atoms with Crippen LogP contribution in [0.2, 0.25) is 0 Å². The van der Waals surface area contributed by atoms with Crippen LogP contribution in [0.25, 0.3) is 0 Å². The van der Waals surface area contributed by atoms with Crippen LogP contribution < -0.4 is 0 Å². The molecule has 74 valence electrons. The van der Waals surface area contributed by atoms with Crippen LogP contribution in [0.15, 0.2) is 0 Å². The second-order valence-corrected chi connectivity index (χ2v) is 3.56. The molecule has 0 spiro atoms. The Kier molecular flexibility index (Phi) is 3.67. The van der Waals surface area contributed by atoms with Gasteiger partial charge in [-0.15, -0.1) is 0 Å². The van der Waals surface area contributed by atoms with Gasteiger partial charge in [0.05, 0.1) is 21.3 Å². The standard InChI is InChI=1S/C8H13O4P/c9-7(10)5-1-3-6(4-2-5)8(11)12-13/h5-6H,1-4,13H2,(H,9,10). The van der Waals surface area contributed by atoms with E-state index < -0.39 is 5.97 Å². The monoisotopic (exact) mass is 204 g/mol. The van der Waals surface area contributed by atoms with Crippen molar-refractivity contribution in [2.45, 2.75) is 25.7 Å². The lowest BCUT2D eigenvalue weighted by molar-refractivity contribution is -0.146. The predicted octanol–water partition coefficient (Wildman–Crippen LogP) is 1.21. The summed E-state index contributed by atoms with van der Waals surface area (Å²) in [5.41, 5.74) is 0. The molecule has 0 bridgehead atoms. The zero-order chi connectivity index (χ0) is 9.84. The first-order valence-corrected chi connectivity index (χ1v) is 4.75. The molecule has 0 aromatic carbocycles. The molecule has 0 heterocycles. The van der Waals surface area contributed by atoms with Gasteiger partial charge in [0.15, 0.2) is 0 Å². The fourth-order valence-corrected chi connectivity index (χ4v) is 1.86. The number of hydrogen-bond acceptors (Lipinski definition) is 3. The second kappa shape index (κ2) is 4.56. The van der Waals surface area contributed by atoms with Crippen LogP contribution in [0.3, 0.4) is 0 Å². The third-order valence-electron chi connectivity index (χ3n) is 2.53. The molecule has 0 saturated heterocycles. The smallest absolute Gasteiger partial charge is 0.311 e. The molecular formula is C8H13O4P. The highest BCUT2D eigenvalue weighted by Crippen LogP contribution is 2.29. The summed E-state index contributed by atoms with van der Waals surface area (Å²) in [7, 11) is 1.93. The van der Waals surface area contributed by atoms with Crippen molar-refractivity contribution in [1.82, 2.24) is 0 Å². The van der Waals surface area contributed by atoms with Crippen molar-refractivity contribution in [1.29, 1.82) is 0 Å². The number of carboxylic acids is 1. The third-order valence-corrected chi connectivity index (χ3v) is 2.76. The number of hydrogen-bond donors (Lipinski definition) is 1. The fraction of sp³-hybridized carbons (Fsp3) is 0.750. The molecule has 1 aliphatic carbocycles. The van der Waals surface area contributed by atoms with E-state index in [0.29, 0.717) is 25.7 Å². The van der Waals surface area contributed by atoms with Crippen molar-refractivity contribution < 1.29 is 19.2 Å². The number of carboxylic acid groups (broad SMARTS) is 1. The quantitative estimate of drug-likeness (QED) is 0.686. The molecule has 0 aromatic rings. The van der Waals surface area contributed by atoms with Crippen LogP contribution in [0.1, 0.15) is 25.7 Å². The molecule has 1 saturated carbocycles. The summed E-state index contributed by atoms with van der Waals surface area (Å²) in [6, 6.07) is 0. The molecule has 4 nitrogen and oxygen atoms in total. The molecule has 1 fully saturated rings. The number of aliphatic carboxylic acids is 1. The van der Waals surface area contributed by atoms with Gasteiger partial charge in [-0.1, -0.05) is 0 Å². The number of rotatable bonds is 2. The SMILES string of the molecule is O=C(O)C1CCC(C(=O)OP)CC1. The van der Waals surface area contributed by atoms with E-state index in [1.165, 1.54) is 0 Å². The highest BCUT2D eigenvalue weighted by Gasteiger charge is 2.29. The van der Waals surface area contributed by atoms with Crippen LogP contribution in [0.5, 0.6) is 0 Å². The van der Waals surface area contributed by atoms with Gasteiger partial charge in [0.2, 0.25) is 0 Å². The lowest BCUT2D eigenvalue weighted by Gasteiger charge is -2.23. The molecule has 0 radical (unpaired) electrons. The minimum absolute atomic E-state index is 0.104. The first kappa shape index (κ1) is 10.5. The Labute approximate surface area is 78.9 Å². The fourth-order valence-electron chi connectivity index (χ4n) is 1.67. The summed E-state index contributed by atoms with van der Waals surface area (Å²) in [6.45, 7) is 0. The molecular weight excluding hydrogens is 191 g/mol. The maximum atomic E-state index is 11.1. The molecule has 0 aromatic heterocycles. The van der Waals surface area contributed by atoms with E-state index in [9.17, 15) is 9.59 Å². The van der Waals surface area contributed by atoms with Crippen molar-refractivity contribution in [2.75, 3.05) is 0 Å². The highest BCUT2D eigenvalue weighted by molar-refractivity contribution is 7.10. The maximum absolute atomic E-state index is 11.1. The Balaban J connectivity index is 2.39. The lowest BCUT2D eigenvalue weighted by atomic mass is 9.82. The summed E-state index contributed by atoms with van der Waals surface area (Å²) in [6.07, 6.45) is 2.42. The van der Waals surface area contributed by atoms with Gasteiger partial charge in [-0.3, -0.25) is 9.59 Å². The van der Waals surface area contributed by atoms with Crippen molar-refractivity contribution in [3.63, 3.8) is 0 Å². The van der Waals surface area contributed by atoms with E-state index >= 15 is 0 Å². The molecule has 13 heavy (non-hydrogen) atoms. The van der Waals surface area contributed by atoms with E-state index in [1.54, 1.807) is 0 Å². The van der Waals surface area contributed by atoms with Gasteiger partial charge in [0.25, 0.3) is 0 Å². The van der Waals surface area contributed by atoms with E-state index in [2.05, 4.69) is 4.52 Å². The van der Waals surface area contributed by atoms with Gasteiger partial charge < -0.3 is 9.63 Å². The molecule has 1 N–H and O–H groups in total. The Morgan fingerprint density at radius 3 is 2.00 bits per heavy atom. The van der Waals surface area contributed by atoms with Gasteiger partial charge in [0, 0.05) is 0 Å². The summed E-state index contributed by atoms with van der Waals surface area (Å²) < 4.78 is 4.52. The van der Waals surface area contributed by atoms with Crippen LogP contribution in [-0.2, 0) is 14.1 Å². The van der Waals surface area contributed by atoms with E-state index in [-0.39, 0.29) is 17.8 Å². The predicted molar refractivity (Wildman–Crippen MR) is 48.9 cm³/mol. The number of carbonyl (C=O) groups excluding carboxylic acids is 1. The average Bonchev–Trinajstić information content (AvgIpc) is 2.17. The van der Waals surface area contributed by atoms with E-state index in [0.717, 1.165) is 0 Å². The van der Waals surface area contributed by atoms with E-state index in [1.807, 2.05) is 9.47 Å². The Morgan fingerprint density at radius 2 is 1.62 bits per heavy atom. The second-order valence-electron chi connectivity index (χ2n) is 3.32. The van der Waals surface area contributed by atoms with E-state index in [4.69, 9.17) is 5.11 Å². The Morgan fingerprint density at radius 1 is 1.15 bits per heavy atom. The van der Waals surface area contributed by atoms with Crippen LogP contribution in [0.4, 0.5) is 0 Å². The van der Waals surface area contributed by atoms with Gasteiger partial charge in [-0.05, 0) is 25.7 Å².